The standard InChI is InChI=1S/C19H19NO3/c1-18(2)13-8-9-19(11-13,16(18)21)17(22)23-14-7-3-5-12-6-4-10-20-15(12)14/h3-7,10,13H,8-9,11H2,1-2H3. The first-order valence-electron chi connectivity index (χ1n) is 8.06. The molecule has 0 saturated heterocycles. The van der Waals surface area contributed by atoms with E-state index in [4.69, 9.17) is 4.74 Å². The van der Waals surface area contributed by atoms with Crippen LogP contribution in [0, 0.1) is 16.7 Å². The molecule has 2 fully saturated rings. The van der Waals surface area contributed by atoms with E-state index in [2.05, 4.69) is 4.98 Å². The number of nitrogens with zero attached hydrogens (tertiary/aromatic N) is 1. The molecule has 0 N–H and O–H groups in total. The predicted molar refractivity (Wildman–Crippen MR) is 85.9 cm³/mol. The average molecular weight is 309 g/mol. The van der Waals surface area contributed by atoms with E-state index in [0.29, 0.717) is 24.1 Å². The van der Waals surface area contributed by atoms with Crippen LogP contribution in [0.4, 0.5) is 0 Å². The number of carbonyl (C=O) groups excluding carboxylic acids is 2. The van der Waals surface area contributed by atoms with Gasteiger partial charge in [-0.15, -0.1) is 0 Å². The molecule has 118 valence electrons. The van der Waals surface area contributed by atoms with E-state index in [1.165, 1.54) is 0 Å². The molecule has 0 aliphatic heterocycles. The van der Waals surface area contributed by atoms with Crippen LogP contribution in [0.25, 0.3) is 10.9 Å². The topological polar surface area (TPSA) is 56.3 Å². The zero-order chi connectivity index (χ0) is 16.2. The van der Waals surface area contributed by atoms with Crippen molar-refractivity contribution < 1.29 is 14.3 Å². The number of esters is 1. The third kappa shape index (κ3) is 1.87. The number of para-hydroxylation sites is 1. The van der Waals surface area contributed by atoms with Crippen LogP contribution in [0.3, 0.4) is 0 Å². The van der Waals surface area contributed by atoms with Gasteiger partial charge in [-0.1, -0.05) is 32.0 Å². The van der Waals surface area contributed by atoms with Gasteiger partial charge in [0, 0.05) is 17.0 Å². The van der Waals surface area contributed by atoms with Crippen LogP contribution in [-0.2, 0) is 9.59 Å². The largest absolute Gasteiger partial charge is 0.423 e. The van der Waals surface area contributed by atoms with Gasteiger partial charge in [-0.3, -0.25) is 14.6 Å². The number of benzene rings is 1. The second kappa shape index (κ2) is 4.63. The number of hydrogen-bond acceptors (Lipinski definition) is 4. The van der Waals surface area contributed by atoms with E-state index in [1.54, 1.807) is 12.3 Å². The number of hydrogen-bond donors (Lipinski definition) is 0. The molecule has 2 bridgehead atoms. The minimum atomic E-state index is -0.953. The molecule has 4 rings (SSSR count). The average Bonchev–Trinajstić information content (AvgIpc) is 3.08. The summed E-state index contributed by atoms with van der Waals surface area (Å²) in [6.07, 6.45) is 3.82. The van der Waals surface area contributed by atoms with Gasteiger partial charge in [0.25, 0.3) is 0 Å². The number of carbonyl (C=O) groups is 2. The molecule has 2 unspecified atom stereocenters. The lowest BCUT2D eigenvalue weighted by Crippen LogP contribution is -2.43. The van der Waals surface area contributed by atoms with Crippen LogP contribution in [-0.4, -0.2) is 16.7 Å². The third-order valence-electron chi connectivity index (χ3n) is 5.74. The van der Waals surface area contributed by atoms with E-state index >= 15 is 0 Å². The van der Waals surface area contributed by atoms with Crippen molar-refractivity contribution in [1.82, 2.24) is 4.98 Å². The van der Waals surface area contributed by atoms with Gasteiger partial charge in [0.15, 0.2) is 11.5 Å². The van der Waals surface area contributed by atoms with Gasteiger partial charge < -0.3 is 4.74 Å². The molecule has 0 amide bonds. The maximum Gasteiger partial charge on any atom is 0.325 e. The van der Waals surface area contributed by atoms with Gasteiger partial charge in [0.2, 0.25) is 0 Å². The second-order valence-corrected chi connectivity index (χ2v) is 7.29. The van der Waals surface area contributed by atoms with Crippen molar-refractivity contribution >= 4 is 22.7 Å². The van der Waals surface area contributed by atoms with Crippen molar-refractivity contribution in [2.75, 3.05) is 0 Å². The Morgan fingerprint density at radius 1 is 1.26 bits per heavy atom. The van der Waals surface area contributed by atoms with Gasteiger partial charge >= 0.3 is 5.97 Å². The Hall–Kier alpha value is -2.23. The van der Waals surface area contributed by atoms with Gasteiger partial charge in [-0.2, -0.15) is 0 Å². The first-order valence-corrected chi connectivity index (χ1v) is 8.06. The third-order valence-corrected chi connectivity index (χ3v) is 5.74. The van der Waals surface area contributed by atoms with Gasteiger partial charge in [0.1, 0.15) is 10.9 Å². The van der Waals surface area contributed by atoms with E-state index in [-0.39, 0.29) is 11.7 Å². The van der Waals surface area contributed by atoms with Gasteiger partial charge in [-0.25, -0.2) is 0 Å². The summed E-state index contributed by atoms with van der Waals surface area (Å²) in [6.45, 7) is 3.90. The highest BCUT2D eigenvalue weighted by atomic mass is 16.5. The lowest BCUT2D eigenvalue weighted by atomic mass is 9.71. The maximum absolute atomic E-state index is 12.9. The van der Waals surface area contributed by atoms with Gasteiger partial charge in [0.05, 0.1) is 0 Å². The molecular formula is C19H19NO3. The minimum absolute atomic E-state index is 0.0412. The molecule has 0 radical (unpaired) electrons. The molecule has 1 aromatic carbocycles. The second-order valence-electron chi connectivity index (χ2n) is 7.29. The quantitative estimate of drug-likeness (QED) is 0.484. The Morgan fingerprint density at radius 2 is 2.04 bits per heavy atom. The highest BCUT2D eigenvalue weighted by molar-refractivity contribution is 6.09. The van der Waals surface area contributed by atoms with Crippen molar-refractivity contribution in [2.24, 2.45) is 16.7 Å². The molecule has 4 heteroatoms. The fourth-order valence-corrected chi connectivity index (χ4v) is 4.30. The Morgan fingerprint density at radius 3 is 2.78 bits per heavy atom. The number of ketones is 1. The van der Waals surface area contributed by atoms with E-state index in [1.807, 2.05) is 38.1 Å². The normalized spacial score (nSPS) is 28.3. The summed E-state index contributed by atoms with van der Waals surface area (Å²) in [6, 6.07) is 9.26. The first kappa shape index (κ1) is 14.4. The molecular weight excluding hydrogens is 290 g/mol. The summed E-state index contributed by atoms with van der Waals surface area (Å²) < 4.78 is 5.67. The smallest absolute Gasteiger partial charge is 0.325 e. The Balaban J connectivity index is 1.70. The molecule has 1 aromatic heterocycles. The molecule has 4 nitrogen and oxygen atoms in total. The fourth-order valence-electron chi connectivity index (χ4n) is 4.30. The lowest BCUT2D eigenvalue weighted by Gasteiger charge is -2.31. The number of Topliss-reactive ketones (excluding diaryl/α,β-unsaturated/α-hetero) is 1. The molecule has 2 atom stereocenters. The van der Waals surface area contributed by atoms with Gasteiger partial charge in [-0.05, 0) is 37.3 Å². The number of fused-ring (bicyclic) bond motifs is 3. The number of aromatic nitrogens is 1. The van der Waals surface area contributed by atoms with Crippen LogP contribution in [0.5, 0.6) is 5.75 Å². The number of ether oxygens (including phenoxy) is 1. The van der Waals surface area contributed by atoms with Crippen LogP contribution >= 0.6 is 0 Å². The Bertz CT molecular complexity index is 821. The Labute approximate surface area is 134 Å². The summed E-state index contributed by atoms with van der Waals surface area (Å²) in [5.74, 6) is 0.352. The molecule has 2 aromatic rings. The van der Waals surface area contributed by atoms with Crippen molar-refractivity contribution in [2.45, 2.75) is 33.1 Å². The zero-order valence-corrected chi connectivity index (χ0v) is 13.3. The molecule has 1 heterocycles. The molecule has 2 saturated carbocycles. The summed E-state index contributed by atoms with van der Waals surface area (Å²) in [5, 5.41) is 0.915. The fraction of sp³-hybridized carbons (Fsp3) is 0.421. The summed E-state index contributed by atoms with van der Waals surface area (Å²) >= 11 is 0. The molecule has 2 aliphatic rings. The highest BCUT2D eigenvalue weighted by Gasteiger charge is 2.66. The highest BCUT2D eigenvalue weighted by Crippen LogP contribution is 2.60. The zero-order valence-electron chi connectivity index (χ0n) is 13.3. The molecule has 23 heavy (non-hydrogen) atoms. The van der Waals surface area contributed by atoms with Crippen LogP contribution < -0.4 is 4.74 Å². The summed E-state index contributed by atoms with van der Waals surface area (Å²) in [4.78, 5) is 30.0. The Kier molecular flexibility index (Phi) is 2.89. The number of rotatable bonds is 2. The maximum atomic E-state index is 12.9. The monoisotopic (exact) mass is 309 g/mol. The summed E-state index contributed by atoms with van der Waals surface area (Å²) in [7, 11) is 0. The van der Waals surface area contributed by atoms with Crippen molar-refractivity contribution in [3.63, 3.8) is 0 Å². The van der Waals surface area contributed by atoms with Crippen LogP contribution in [0.1, 0.15) is 33.1 Å². The number of pyridine rings is 1. The van der Waals surface area contributed by atoms with E-state index < -0.39 is 16.8 Å². The lowest BCUT2D eigenvalue weighted by molar-refractivity contribution is -0.153. The summed E-state index contributed by atoms with van der Waals surface area (Å²) in [5.41, 5.74) is -0.724. The van der Waals surface area contributed by atoms with E-state index in [9.17, 15) is 9.59 Å². The SMILES string of the molecule is CC1(C)C(=O)C2(C(=O)Oc3cccc4cccnc34)CCC1C2. The van der Waals surface area contributed by atoms with E-state index in [0.717, 1.165) is 11.8 Å². The minimum Gasteiger partial charge on any atom is -0.423 e. The van der Waals surface area contributed by atoms with Crippen LogP contribution in [0.2, 0.25) is 0 Å². The predicted octanol–water partition coefficient (Wildman–Crippen LogP) is 3.54. The molecule has 2 aliphatic carbocycles. The van der Waals surface area contributed by atoms with Crippen LogP contribution in [0.15, 0.2) is 36.5 Å². The van der Waals surface area contributed by atoms with Crippen molar-refractivity contribution in [1.29, 1.82) is 0 Å². The van der Waals surface area contributed by atoms with Crippen molar-refractivity contribution in [3.8, 4) is 5.75 Å². The van der Waals surface area contributed by atoms with Crippen molar-refractivity contribution in [3.05, 3.63) is 36.5 Å². The first-order chi connectivity index (χ1) is 10.9. The molecule has 0 spiro atoms.